The Kier molecular flexibility index (Phi) is 4.58. The third-order valence-electron chi connectivity index (χ3n) is 3.95. The number of H-pyrrole nitrogens is 2. The minimum absolute atomic E-state index is 0.0552. The summed E-state index contributed by atoms with van der Waals surface area (Å²) in [5, 5.41) is 7.02. The summed E-state index contributed by atoms with van der Waals surface area (Å²) in [6.45, 7) is 1.70. The fraction of sp³-hybridized carbons (Fsp3) is 0.118. The molecule has 10 heteroatoms. The number of rotatable bonds is 4. The second kappa shape index (κ2) is 6.72. The van der Waals surface area contributed by atoms with Crippen LogP contribution in [-0.2, 0) is 9.84 Å². The Morgan fingerprint density at radius 3 is 2.15 bits per heavy atom. The zero-order valence-electron chi connectivity index (χ0n) is 14.4. The predicted octanol–water partition coefficient (Wildman–Crippen LogP) is 0.818. The Balaban J connectivity index is 1.87. The maximum Gasteiger partial charge on any atom is 0.348 e. The van der Waals surface area contributed by atoms with Crippen LogP contribution in [0.3, 0.4) is 0 Å². The topological polar surface area (TPSA) is 134 Å². The number of aromatic nitrogens is 3. The van der Waals surface area contributed by atoms with E-state index in [0.717, 1.165) is 10.8 Å². The summed E-state index contributed by atoms with van der Waals surface area (Å²) >= 11 is 0. The Hall–Kier alpha value is -3.40. The van der Waals surface area contributed by atoms with Crippen LogP contribution in [0.5, 0.6) is 0 Å². The molecule has 1 aromatic heterocycles. The van der Waals surface area contributed by atoms with Crippen molar-refractivity contribution in [2.45, 2.75) is 11.8 Å². The van der Waals surface area contributed by atoms with E-state index in [1.165, 1.54) is 36.4 Å². The fourth-order valence-electron chi connectivity index (χ4n) is 2.51. The van der Waals surface area contributed by atoms with E-state index >= 15 is 0 Å². The molecule has 0 saturated carbocycles. The van der Waals surface area contributed by atoms with E-state index in [1.807, 2.05) is 0 Å². The van der Waals surface area contributed by atoms with Gasteiger partial charge in [-0.2, -0.15) is 0 Å². The summed E-state index contributed by atoms with van der Waals surface area (Å²) in [5.41, 5.74) is 0.404. The van der Waals surface area contributed by atoms with Gasteiger partial charge in [0.25, 0.3) is 5.91 Å². The SMILES string of the molecule is Cc1ccc(S(C)(=O)=O)cc1C(=O)Nc1ccc(-n2c(=O)[nH][nH]c2=O)cc1. The Bertz CT molecular complexity index is 1210. The van der Waals surface area contributed by atoms with Gasteiger partial charge < -0.3 is 5.32 Å². The fourth-order valence-corrected chi connectivity index (χ4v) is 3.16. The zero-order chi connectivity index (χ0) is 19.8. The molecule has 3 aromatic rings. The standard InChI is InChI=1S/C17H16N4O5S/c1-10-3-8-13(27(2,25)26)9-14(10)15(22)18-11-4-6-12(7-5-11)21-16(23)19-20-17(21)24/h3-9H,1-2H3,(H,18,22)(H,19,23)(H,20,24). The van der Waals surface area contributed by atoms with Gasteiger partial charge in [-0.05, 0) is 48.9 Å². The number of nitrogens with one attached hydrogen (secondary N) is 3. The molecule has 140 valence electrons. The van der Waals surface area contributed by atoms with Crippen molar-refractivity contribution in [2.75, 3.05) is 11.6 Å². The smallest absolute Gasteiger partial charge is 0.322 e. The van der Waals surface area contributed by atoms with E-state index in [4.69, 9.17) is 0 Å². The molecular formula is C17H16N4O5S. The summed E-state index contributed by atoms with van der Waals surface area (Å²) in [7, 11) is -3.44. The maximum absolute atomic E-state index is 12.5. The van der Waals surface area contributed by atoms with Crippen LogP contribution in [0.15, 0.2) is 56.9 Å². The molecule has 0 bridgehead atoms. The van der Waals surface area contributed by atoms with Crippen LogP contribution in [0.2, 0.25) is 0 Å². The summed E-state index contributed by atoms with van der Waals surface area (Å²) in [6.07, 6.45) is 1.07. The number of nitrogens with zero attached hydrogens (tertiary/aromatic N) is 1. The van der Waals surface area contributed by atoms with Crippen molar-refractivity contribution in [3.8, 4) is 5.69 Å². The molecule has 2 aromatic carbocycles. The number of anilines is 1. The summed E-state index contributed by atoms with van der Waals surface area (Å²) in [5.74, 6) is -0.470. The number of aryl methyl sites for hydroxylation is 1. The molecule has 1 heterocycles. The number of carbonyl (C=O) groups excluding carboxylic acids is 1. The lowest BCUT2D eigenvalue weighted by molar-refractivity contribution is 0.102. The van der Waals surface area contributed by atoms with Crippen LogP contribution < -0.4 is 16.7 Å². The number of sulfone groups is 1. The van der Waals surface area contributed by atoms with Crippen molar-refractivity contribution in [2.24, 2.45) is 0 Å². The number of aromatic amines is 2. The lowest BCUT2D eigenvalue weighted by Gasteiger charge is -2.10. The molecule has 0 radical (unpaired) electrons. The van der Waals surface area contributed by atoms with Gasteiger partial charge in [0.05, 0.1) is 10.6 Å². The van der Waals surface area contributed by atoms with Crippen LogP contribution in [0.4, 0.5) is 5.69 Å². The summed E-state index contributed by atoms with van der Waals surface area (Å²) < 4.78 is 24.3. The van der Waals surface area contributed by atoms with Gasteiger partial charge >= 0.3 is 11.4 Å². The maximum atomic E-state index is 12.5. The third-order valence-corrected chi connectivity index (χ3v) is 5.06. The second-order valence-corrected chi connectivity index (χ2v) is 7.96. The molecule has 9 nitrogen and oxygen atoms in total. The van der Waals surface area contributed by atoms with Crippen LogP contribution in [-0.4, -0.2) is 35.3 Å². The van der Waals surface area contributed by atoms with Crippen LogP contribution in [0.25, 0.3) is 5.69 Å². The molecule has 0 spiro atoms. The highest BCUT2D eigenvalue weighted by Crippen LogP contribution is 2.18. The zero-order valence-corrected chi connectivity index (χ0v) is 15.3. The Morgan fingerprint density at radius 1 is 1.00 bits per heavy atom. The average Bonchev–Trinajstić information content (AvgIpc) is 2.93. The lowest BCUT2D eigenvalue weighted by atomic mass is 10.1. The van der Waals surface area contributed by atoms with Gasteiger partial charge in [0, 0.05) is 17.5 Å². The van der Waals surface area contributed by atoms with E-state index in [1.54, 1.807) is 13.0 Å². The lowest BCUT2D eigenvalue weighted by Crippen LogP contribution is -2.24. The van der Waals surface area contributed by atoms with E-state index < -0.39 is 27.1 Å². The van der Waals surface area contributed by atoms with Crippen LogP contribution in [0, 0.1) is 6.92 Å². The molecule has 0 atom stereocenters. The van der Waals surface area contributed by atoms with Gasteiger partial charge in [-0.25, -0.2) is 32.8 Å². The highest BCUT2D eigenvalue weighted by atomic mass is 32.2. The summed E-state index contributed by atoms with van der Waals surface area (Å²) in [4.78, 5) is 35.8. The molecule has 0 saturated heterocycles. The minimum Gasteiger partial charge on any atom is -0.322 e. The molecule has 27 heavy (non-hydrogen) atoms. The van der Waals surface area contributed by atoms with Gasteiger partial charge in [0.15, 0.2) is 9.84 Å². The van der Waals surface area contributed by atoms with Crippen molar-refractivity contribution >= 4 is 21.4 Å². The molecule has 0 aliphatic carbocycles. The van der Waals surface area contributed by atoms with Crippen molar-refractivity contribution in [1.29, 1.82) is 0 Å². The molecule has 1 amide bonds. The Morgan fingerprint density at radius 2 is 1.59 bits per heavy atom. The van der Waals surface area contributed by atoms with Crippen molar-refractivity contribution in [3.63, 3.8) is 0 Å². The first-order valence-corrected chi connectivity index (χ1v) is 9.68. The van der Waals surface area contributed by atoms with Gasteiger partial charge in [-0.3, -0.25) is 4.79 Å². The first-order valence-electron chi connectivity index (χ1n) is 7.79. The van der Waals surface area contributed by atoms with E-state index in [0.29, 0.717) is 16.9 Å². The van der Waals surface area contributed by atoms with E-state index in [9.17, 15) is 22.8 Å². The quantitative estimate of drug-likeness (QED) is 0.608. The van der Waals surface area contributed by atoms with Crippen LogP contribution in [0.1, 0.15) is 15.9 Å². The second-order valence-electron chi connectivity index (χ2n) is 5.95. The van der Waals surface area contributed by atoms with Crippen molar-refractivity contribution in [1.82, 2.24) is 14.8 Å². The van der Waals surface area contributed by atoms with E-state index in [-0.39, 0.29) is 10.5 Å². The number of carbonyl (C=O) groups is 1. The van der Waals surface area contributed by atoms with Gasteiger partial charge in [0.1, 0.15) is 0 Å². The third kappa shape index (κ3) is 3.75. The first kappa shape index (κ1) is 18.4. The monoisotopic (exact) mass is 388 g/mol. The predicted molar refractivity (Wildman–Crippen MR) is 99.3 cm³/mol. The molecule has 0 unspecified atom stereocenters. The van der Waals surface area contributed by atoms with E-state index in [2.05, 4.69) is 15.5 Å². The number of amides is 1. The number of hydrogen-bond acceptors (Lipinski definition) is 5. The summed E-state index contributed by atoms with van der Waals surface area (Å²) in [6, 6.07) is 10.4. The van der Waals surface area contributed by atoms with Gasteiger partial charge in [0.2, 0.25) is 0 Å². The Labute approximate surface area is 153 Å². The van der Waals surface area contributed by atoms with Crippen LogP contribution >= 0.6 is 0 Å². The van der Waals surface area contributed by atoms with Gasteiger partial charge in [-0.1, -0.05) is 6.07 Å². The molecule has 0 aliphatic heterocycles. The molecular weight excluding hydrogens is 372 g/mol. The number of benzene rings is 2. The molecule has 0 aliphatic rings. The first-order chi connectivity index (χ1) is 12.7. The molecule has 3 rings (SSSR count). The van der Waals surface area contributed by atoms with Crippen molar-refractivity contribution < 1.29 is 13.2 Å². The van der Waals surface area contributed by atoms with Gasteiger partial charge in [-0.15, -0.1) is 0 Å². The molecule has 3 N–H and O–H groups in total. The highest BCUT2D eigenvalue weighted by Gasteiger charge is 2.15. The highest BCUT2D eigenvalue weighted by molar-refractivity contribution is 7.90. The average molecular weight is 388 g/mol. The number of hydrogen-bond donors (Lipinski definition) is 3. The van der Waals surface area contributed by atoms with Crippen molar-refractivity contribution in [3.05, 3.63) is 74.6 Å². The minimum atomic E-state index is -3.44. The largest absolute Gasteiger partial charge is 0.348 e. The molecule has 0 fully saturated rings. The normalized spacial score (nSPS) is 11.3.